The van der Waals surface area contributed by atoms with Gasteiger partial charge in [-0.05, 0) is 19.1 Å². The third-order valence-corrected chi connectivity index (χ3v) is 4.37. The van der Waals surface area contributed by atoms with Crippen LogP contribution in [0.5, 0.6) is 0 Å². The van der Waals surface area contributed by atoms with Gasteiger partial charge in [0.25, 0.3) is 5.56 Å². The van der Waals surface area contributed by atoms with Crippen molar-refractivity contribution >= 4 is 21.6 Å². The minimum absolute atomic E-state index is 0.0885. The Balaban J connectivity index is 2.14. The summed E-state index contributed by atoms with van der Waals surface area (Å²) in [6.45, 7) is 2.11. The molecular formula is C11H13ClN4O3S. The molecule has 0 aromatic carbocycles. The highest BCUT2D eigenvalue weighted by molar-refractivity contribution is 7.89. The van der Waals surface area contributed by atoms with Crippen LogP contribution in [0, 0.1) is 0 Å². The summed E-state index contributed by atoms with van der Waals surface area (Å²) in [5, 5.41) is 3.82. The number of nitrogens with zero attached hydrogens (tertiary/aromatic N) is 2. The van der Waals surface area contributed by atoms with Crippen molar-refractivity contribution in [2.45, 2.75) is 24.4 Å². The summed E-state index contributed by atoms with van der Waals surface area (Å²) in [5.74, 6) is 0. The molecule has 7 nitrogen and oxygen atoms in total. The Morgan fingerprint density at radius 3 is 2.90 bits per heavy atom. The van der Waals surface area contributed by atoms with Crippen LogP contribution in [0.3, 0.4) is 0 Å². The van der Waals surface area contributed by atoms with Gasteiger partial charge in [0.05, 0.1) is 11.4 Å². The number of hydrogen-bond acceptors (Lipinski definition) is 4. The maximum absolute atomic E-state index is 12.1. The van der Waals surface area contributed by atoms with E-state index in [9.17, 15) is 13.2 Å². The zero-order valence-corrected chi connectivity index (χ0v) is 12.1. The fourth-order valence-electron chi connectivity index (χ4n) is 1.65. The van der Waals surface area contributed by atoms with E-state index < -0.39 is 15.6 Å². The molecule has 0 amide bonds. The molecule has 1 atom stereocenters. The molecule has 0 aliphatic heterocycles. The SMILES string of the molecule is CC(Cn1cccn1)NS(=O)(=O)c1c[nH]c(=O)c(Cl)c1. The Bertz CT molecular complexity index is 739. The third-order valence-electron chi connectivity index (χ3n) is 2.52. The van der Waals surface area contributed by atoms with Crippen molar-refractivity contribution in [2.24, 2.45) is 0 Å². The molecule has 0 fully saturated rings. The molecule has 2 aromatic heterocycles. The second-order valence-electron chi connectivity index (χ2n) is 4.26. The summed E-state index contributed by atoms with van der Waals surface area (Å²) in [6, 6.07) is 2.50. The van der Waals surface area contributed by atoms with Crippen molar-refractivity contribution in [1.82, 2.24) is 19.5 Å². The van der Waals surface area contributed by atoms with E-state index in [0.29, 0.717) is 6.54 Å². The van der Waals surface area contributed by atoms with Gasteiger partial charge in [0.1, 0.15) is 5.02 Å². The number of pyridine rings is 1. The number of rotatable bonds is 5. The van der Waals surface area contributed by atoms with Gasteiger partial charge in [-0.15, -0.1) is 0 Å². The van der Waals surface area contributed by atoms with Gasteiger partial charge in [-0.2, -0.15) is 5.10 Å². The van der Waals surface area contributed by atoms with Crippen molar-refractivity contribution in [3.63, 3.8) is 0 Å². The highest BCUT2D eigenvalue weighted by Gasteiger charge is 2.18. The van der Waals surface area contributed by atoms with Crippen LogP contribution < -0.4 is 10.3 Å². The van der Waals surface area contributed by atoms with Gasteiger partial charge in [0, 0.05) is 24.6 Å². The number of halogens is 1. The molecule has 2 N–H and O–H groups in total. The van der Waals surface area contributed by atoms with Gasteiger partial charge < -0.3 is 4.98 Å². The minimum Gasteiger partial charge on any atom is -0.326 e. The lowest BCUT2D eigenvalue weighted by Crippen LogP contribution is -2.36. The Morgan fingerprint density at radius 1 is 1.55 bits per heavy atom. The summed E-state index contributed by atoms with van der Waals surface area (Å²) >= 11 is 5.62. The van der Waals surface area contributed by atoms with Crippen molar-refractivity contribution in [3.05, 3.63) is 46.1 Å². The molecule has 2 rings (SSSR count). The predicted octanol–water partition coefficient (Wildman–Crippen LogP) is 0.592. The first-order valence-corrected chi connectivity index (χ1v) is 7.62. The Hall–Kier alpha value is -1.64. The molecule has 0 saturated carbocycles. The van der Waals surface area contributed by atoms with E-state index in [0.717, 1.165) is 12.3 Å². The molecule has 0 saturated heterocycles. The number of aromatic nitrogens is 3. The van der Waals surface area contributed by atoms with Crippen LogP contribution in [-0.4, -0.2) is 29.2 Å². The van der Waals surface area contributed by atoms with Crippen molar-refractivity contribution < 1.29 is 8.42 Å². The van der Waals surface area contributed by atoms with Crippen molar-refractivity contribution in [2.75, 3.05) is 0 Å². The lowest BCUT2D eigenvalue weighted by Gasteiger charge is -2.14. The van der Waals surface area contributed by atoms with Crippen LogP contribution in [0.1, 0.15) is 6.92 Å². The van der Waals surface area contributed by atoms with Crippen LogP contribution in [0.2, 0.25) is 5.02 Å². The molecule has 20 heavy (non-hydrogen) atoms. The number of H-pyrrole nitrogens is 1. The smallest absolute Gasteiger partial charge is 0.266 e. The van der Waals surface area contributed by atoms with E-state index in [2.05, 4.69) is 14.8 Å². The van der Waals surface area contributed by atoms with Crippen LogP contribution >= 0.6 is 11.6 Å². The minimum atomic E-state index is -3.75. The zero-order chi connectivity index (χ0) is 14.8. The van der Waals surface area contributed by atoms with E-state index in [1.165, 1.54) is 0 Å². The predicted molar refractivity (Wildman–Crippen MR) is 74.1 cm³/mol. The fraction of sp³-hybridized carbons (Fsp3) is 0.273. The maximum Gasteiger partial charge on any atom is 0.266 e. The van der Waals surface area contributed by atoms with Crippen LogP contribution in [0.15, 0.2) is 40.4 Å². The molecule has 9 heteroatoms. The summed E-state index contributed by atoms with van der Waals surface area (Å²) < 4.78 is 28.3. The molecule has 0 radical (unpaired) electrons. The second kappa shape index (κ2) is 5.78. The van der Waals surface area contributed by atoms with E-state index in [-0.39, 0.29) is 16.0 Å². The highest BCUT2D eigenvalue weighted by atomic mass is 35.5. The Kier molecular flexibility index (Phi) is 4.26. The molecule has 0 spiro atoms. The average molecular weight is 317 g/mol. The topological polar surface area (TPSA) is 96.8 Å². The van der Waals surface area contributed by atoms with Crippen LogP contribution in [-0.2, 0) is 16.6 Å². The molecular weight excluding hydrogens is 304 g/mol. The average Bonchev–Trinajstić information content (AvgIpc) is 2.84. The van der Waals surface area contributed by atoms with Crippen LogP contribution in [0.25, 0.3) is 0 Å². The quantitative estimate of drug-likeness (QED) is 0.843. The second-order valence-corrected chi connectivity index (χ2v) is 6.38. The summed E-state index contributed by atoms with van der Waals surface area (Å²) in [7, 11) is -3.75. The number of hydrogen-bond donors (Lipinski definition) is 2. The van der Waals surface area contributed by atoms with Gasteiger partial charge >= 0.3 is 0 Å². The molecule has 2 aromatic rings. The first-order valence-electron chi connectivity index (χ1n) is 5.76. The van der Waals surface area contributed by atoms with Crippen LogP contribution in [0.4, 0.5) is 0 Å². The Labute approximate surface area is 120 Å². The van der Waals surface area contributed by atoms with Crippen molar-refractivity contribution in [3.8, 4) is 0 Å². The van der Waals surface area contributed by atoms with Gasteiger partial charge in [0.15, 0.2) is 0 Å². The zero-order valence-electron chi connectivity index (χ0n) is 10.6. The van der Waals surface area contributed by atoms with E-state index in [1.54, 1.807) is 30.1 Å². The number of aromatic amines is 1. The summed E-state index contributed by atoms with van der Waals surface area (Å²) in [4.78, 5) is 13.3. The lowest BCUT2D eigenvalue weighted by molar-refractivity contribution is 0.494. The lowest BCUT2D eigenvalue weighted by atomic mass is 10.4. The van der Waals surface area contributed by atoms with Gasteiger partial charge in [-0.3, -0.25) is 9.48 Å². The van der Waals surface area contributed by atoms with E-state index in [1.807, 2.05) is 0 Å². The number of nitrogens with one attached hydrogen (secondary N) is 2. The first-order chi connectivity index (χ1) is 9.38. The molecule has 1 unspecified atom stereocenters. The molecule has 2 heterocycles. The number of sulfonamides is 1. The van der Waals surface area contributed by atoms with Gasteiger partial charge in [0.2, 0.25) is 10.0 Å². The summed E-state index contributed by atoms with van der Waals surface area (Å²) in [6.07, 6.45) is 4.46. The monoisotopic (exact) mass is 316 g/mol. The van der Waals surface area contributed by atoms with Gasteiger partial charge in [-0.25, -0.2) is 13.1 Å². The fourth-order valence-corrected chi connectivity index (χ4v) is 3.12. The van der Waals surface area contributed by atoms with Crippen molar-refractivity contribution in [1.29, 1.82) is 0 Å². The molecule has 0 bridgehead atoms. The first kappa shape index (κ1) is 14.8. The third kappa shape index (κ3) is 3.47. The maximum atomic E-state index is 12.1. The molecule has 108 valence electrons. The standard InChI is InChI=1S/C11H13ClN4O3S/c1-8(7-16-4-2-3-14-16)15-20(18,19)9-5-10(12)11(17)13-6-9/h2-6,8,15H,7H2,1H3,(H,13,17). The highest BCUT2D eigenvalue weighted by Crippen LogP contribution is 2.11. The molecule has 0 aliphatic carbocycles. The largest absolute Gasteiger partial charge is 0.326 e. The Morgan fingerprint density at radius 2 is 2.30 bits per heavy atom. The normalized spacial score (nSPS) is 13.3. The molecule has 0 aliphatic rings. The summed E-state index contributed by atoms with van der Waals surface area (Å²) in [5.41, 5.74) is -0.532. The van der Waals surface area contributed by atoms with E-state index in [4.69, 9.17) is 11.6 Å². The van der Waals surface area contributed by atoms with Gasteiger partial charge in [-0.1, -0.05) is 11.6 Å². The van der Waals surface area contributed by atoms with E-state index >= 15 is 0 Å².